The largest absolute Gasteiger partial charge is 0.299 e. The predicted octanol–water partition coefficient (Wildman–Crippen LogP) is 2.97. The van der Waals surface area contributed by atoms with Crippen LogP contribution in [-0.4, -0.2) is 28.5 Å². The van der Waals surface area contributed by atoms with Crippen LogP contribution in [0.3, 0.4) is 0 Å². The molecule has 0 aliphatic carbocycles. The number of rotatable bonds is 2. The van der Waals surface area contributed by atoms with Gasteiger partial charge >= 0.3 is 0 Å². The van der Waals surface area contributed by atoms with Gasteiger partial charge in [-0.3, -0.25) is 9.88 Å². The van der Waals surface area contributed by atoms with E-state index >= 15 is 0 Å². The lowest BCUT2D eigenvalue weighted by molar-refractivity contribution is 0.317. The van der Waals surface area contributed by atoms with E-state index in [9.17, 15) is 0 Å². The Morgan fingerprint density at radius 1 is 1.41 bits per heavy atom. The van der Waals surface area contributed by atoms with Gasteiger partial charge in [0.2, 0.25) is 0 Å². The first-order valence-electron chi connectivity index (χ1n) is 5.90. The molecular formula is C13H15N3S. The third-order valence-corrected chi connectivity index (χ3v) is 4.20. The SMILES string of the molecule is CN1CCC[C@H]1c1cnccc1-c1nccs1. The molecule has 0 radical (unpaired) electrons. The minimum absolute atomic E-state index is 0.502. The lowest BCUT2D eigenvalue weighted by atomic mass is 10.0. The monoisotopic (exact) mass is 245 g/mol. The summed E-state index contributed by atoms with van der Waals surface area (Å²) in [6, 6.07) is 2.59. The molecule has 88 valence electrons. The summed E-state index contributed by atoms with van der Waals surface area (Å²) in [6.45, 7) is 1.18. The van der Waals surface area contributed by atoms with Crippen molar-refractivity contribution in [1.82, 2.24) is 14.9 Å². The molecule has 0 spiro atoms. The van der Waals surface area contributed by atoms with Gasteiger partial charge in [0.25, 0.3) is 0 Å². The Morgan fingerprint density at radius 3 is 3.06 bits per heavy atom. The molecule has 0 aromatic carbocycles. The molecule has 0 unspecified atom stereocenters. The van der Waals surface area contributed by atoms with Gasteiger partial charge in [0.05, 0.1) is 0 Å². The van der Waals surface area contributed by atoms with Crippen molar-refractivity contribution in [1.29, 1.82) is 0 Å². The maximum atomic E-state index is 4.42. The molecule has 3 rings (SSSR count). The van der Waals surface area contributed by atoms with Crippen LogP contribution in [0, 0.1) is 0 Å². The van der Waals surface area contributed by atoms with Crippen molar-refractivity contribution in [3.63, 3.8) is 0 Å². The Hall–Kier alpha value is -1.26. The zero-order valence-electron chi connectivity index (χ0n) is 9.84. The molecule has 3 nitrogen and oxygen atoms in total. The minimum Gasteiger partial charge on any atom is -0.299 e. The van der Waals surface area contributed by atoms with Gasteiger partial charge in [-0.2, -0.15) is 0 Å². The van der Waals surface area contributed by atoms with Crippen LogP contribution in [0.25, 0.3) is 10.6 Å². The van der Waals surface area contributed by atoms with E-state index in [0.717, 1.165) is 5.01 Å². The number of hydrogen-bond acceptors (Lipinski definition) is 4. The first kappa shape index (κ1) is 10.9. The fraction of sp³-hybridized carbons (Fsp3) is 0.385. The van der Waals surface area contributed by atoms with Gasteiger partial charge in [0.15, 0.2) is 0 Å². The van der Waals surface area contributed by atoms with Crippen LogP contribution in [0.1, 0.15) is 24.4 Å². The Morgan fingerprint density at radius 2 is 2.35 bits per heavy atom. The van der Waals surface area contributed by atoms with Crippen LogP contribution in [0.15, 0.2) is 30.0 Å². The molecule has 4 heteroatoms. The van der Waals surface area contributed by atoms with Gasteiger partial charge in [0, 0.05) is 35.6 Å². The van der Waals surface area contributed by atoms with Gasteiger partial charge in [-0.15, -0.1) is 11.3 Å². The van der Waals surface area contributed by atoms with Crippen LogP contribution in [0.4, 0.5) is 0 Å². The normalized spacial score (nSPS) is 20.9. The molecule has 1 aliphatic rings. The fourth-order valence-corrected chi connectivity index (χ4v) is 3.21. The quantitative estimate of drug-likeness (QED) is 0.814. The second-order valence-electron chi connectivity index (χ2n) is 4.44. The van der Waals surface area contributed by atoms with Gasteiger partial charge in [0.1, 0.15) is 5.01 Å². The molecule has 2 aromatic rings. The van der Waals surface area contributed by atoms with Crippen LogP contribution < -0.4 is 0 Å². The van der Waals surface area contributed by atoms with Crippen LogP contribution in [0.5, 0.6) is 0 Å². The molecular weight excluding hydrogens is 230 g/mol. The van der Waals surface area contributed by atoms with E-state index in [2.05, 4.69) is 28.0 Å². The summed E-state index contributed by atoms with van der Waals surface area (Å²) in [5, 5.41) is 3.13. The summed E-state index contributed by atoms with van der Waals surface area (Å²) >= 11 is 1.69. The summed E-state index contributed by atoms with van der Waals surface area (Å²) < 4.78 is 0. The van der Waals surface area contributed by atoms with Crippen molar-refractivity contribution in [3.05, 3.63) is 35.6 Å². The lowest BCUT2D eigenvalue weighted by Gasteiger charge is -2.21. The summed E-state index contributed by atoms with van der Waals surface area (Å²) in [4.78, 5) is 11.1. The number of thiazole rings is 1. The Balaban J connectivity index is 2.05. The second-order valence-corrected chi connectivity index (χ2v) is 5.33. The van der Waals surface area contributed by atoms with Crippen molar-refractivity contribution in [2.45, 2.75) is 18.9 Å². The summed E-state index contributed by atoms with van der Waals surface area (Å²) in [7, 11) is 2.19. The van der Waals surface area contributed by atoms with Crippen LogP contribution in [-0.2, 0) is 0 Å². The highest BCUT2D eigenvalue weighted by Gasteiger charge is 2.25. The van der Waals surface area contributed by atoms with Crippen molar-refractivity contribution in [2.24, 2.45) is 0 Å². The van der Waals surface area contributed by atoms with E-state index < -0.39 is 0 Å². The number of hydrogen-bond donors (Lipinski definition) is 0. The highest BCUT2D eigenvalue weighted by molar-refractivity contribution is 7.13. The lowest BCUT2D eigenvalue weighted by Crippen LogP contribution is -2.18. The van der Waals surface area contributed by atoms with Crippen LogP contribution >= 0.6 is 11.3 Å². The molecule has 2 aromatic heterocycles. The Labute approximate surface area is 105 Å². The molecule has 1 fully saturated rings. The van der Waals surface area contributed by atoms with Crippen molar-refractivity contribution < 1.29 is 0 Å². The molecule has 17 heavy (non-hydrogen) atoms. The number of likely N-dealkylation sites (tertiary alicyclic amines) is 1. The molecule has 3 heterocycles. The van der Waals surface area contributed by atoms with E-state index in [0.29, 0.717) is 6.04 Å². The van der Waals surface area contributed by atoms with Gasteiger partial charge < -0.3 is 0 Å². The summed E-state index contributed by atoms with van der Waals surface area (Å²) in [5.74, 6) is 0. The van der Waals surface area contributed by atoms with E-state index in [4.69, 9.17) is 0 Å². The Kier molecular flexibility index (Phi) is 2.91. The highest BCUT2D eigenvalue weighted by atomic mass is 32.1. The van der Waals surface area contributed by atoms with Gasteiger partial charge in [-0.1, -0.05) is 0 Å². The number of pyridine rings is 1. The van der Waals surface area contributed by atoms with Gasteiger partial charge in [-0.25, -0.2) is 4.98 Å². The molecule has 1 aliphatic heterocycles. The second kappa shape index (κ2) is 4.55. The van der Waals surface area contributed by atoms with Crippen LogP contribution in [0.2, 0.25) is 0 Å². The first-order chi connectivity index (χ1) is 8.36. The standard InChI is InChI=1S/C13H15N3S/c1-16-7-2-3-12(16)11-9-14-5-4-10(11)13-15-6-8-17-13/h4-6,8-9,12H,2-3,7H2,1H3/t12-/m0/s1. The van der Waals surface area contributed by atoms with E-state index in [1.165, 1.54) is 30.5 Å². The molecule has 0 saturated carbocycles. The zero-order valence-corrected chi connectivity index (χ0v) is 10.7. The first-order valence-corrected chi connectivity index (χ1v) is 6.78. The molecule has 0 amide bonds. The third kappa shape index (κ3) is 1.98. The van der Waals surface area contributed by atoms with Crippen molar-refractivity contribution >= 4 is 11.3 Å². The third-order valence-electron chi connectivity index (χ3n) is 3.39. The molecule has 0 N–H and O–H groups in total. The maximum absolute atomic E-state index is 4.42. The topological polar surface area (TPSA) is 29.0 Å². The molecule has 0 bridgehead atoms. The fourth-order valence-electron chi connectivity index (χ4n) is 2.53. The molecule has 1 saturated heterocycles. The van der Waals surface area contributed by atoms with Gasteiger partial charge in [-0.05, 0) is 38.1 Å². The average molecular weight is 245 g/mol. The van der Waals surface area contributed by atoms with E-state index in [1.54, 1.807) is 11.3 Å². The summed E-state index contributed by atoms with van der Waals surface area (Å²) in [5.41, 5.74) is 2.57. The highest BCUT2D eigenvalue weighted by Crippen LogP contribution is 2.36. The number of aromatic nitrogens is 2. The predicted molar refractivity (Wildman–Crippen MR) is 70.0 cm³/mol. The smallest absolute Gasteiger partial charge is 0.123 e. The average Bonchev–Trinajstić information content (AvgIpc) is 3.00. The molecule has 1 atom stereocenters. The maximum Gasteiger partial charge on any atom is 0.123 e. The van der Waals surface area contributed by atoms with Crippen molar-refractivity contribution in [3.8, 4) is 10.6 Å². The van der Waals surface area contributed by atoms with Crippen molar-refractivity contribution in [2.75, 3.05) is 13.6 Å². The van der Waals surface area contributed by atoms with E-state index in [1.807, 2.05) is 24.0 Å². The van der Waals surface area contributed by atoms with E-state index in [-0.39, 0.29) is 0 Å². The number of nitrogens with zero attached hydrogens (tertiary/aromatic N) is 3. The zero-order chi connectivity index (χ0) is 11.7. The summed E-state index contributed by atoms with van der Waals surface area (Å²) in [6.07, 6.45) is 8.22. The minimum atomic E-state index is 0.502. The Bertz CT molecular complexity index is 495.